The van der Waals surface area contributed by atoms with Crippen LogP contribution in [0.2, 0.25) is 0 Å². The van der Waals surface area contributed by atoms with E-state index in [0.29, 0.717) is 0 Å². The number of nitrogens with one attached hydrogen (secondary N) is 1. The number of aromatic amines is 1. The van der Waals surface area contributed by atoms with Crippen molar-refractivity contribution in [3.05, 3.63) is 38.1 Å². The Balaban J connectivity index is 2.16. The molecule has 0 amide bonds. The van der Waals surface area contributed by atoms with Crippen LogP contribution < -0.4 is 16.4 Å². The van der Waals surface area contributed by atoms with Gasteiger partial charge in [0.1, 0.15) is 5.36 Å². The molecule has 3 rings (SSSR count). The lowest BCUT2D eigenvalue weighted by Gasteiger charge is -1.94. The highest BCUT2D eigenvalue weighted by molar-refractivity contribution is 9.13. The summed E-state index contributed by atoms with van der Waals surface area (Å²) in [5, 5.41) is 1.52. The van der Waals surface area contributed by atoms with Crippen LogP contribution >= 0.6 is 31.9 Å². The summed E-state index contributed by atoms with van der Waals surface area (Å²) in [4.78, 5) is 15.8. The maximum Gasteiger partial charge on any atom is 0.192 e. The van der Waals surface area contributed by atoms with E-state index in [1.54, 1.807) is 6.20 Å². The Kier molecular flexibility index (Phi) is 2.61. The SMILES string of the molecule is NC1N=c2cnc(-c3cc(Br)c(Br)[nH]3)cc2=N1. The number of fused-ring (bicyclic) bond motifs is 1. The second kappa shape index (κ2) is 4.01. The first-order chi connectivity index (χ1) is 8.13. The molecule has 0 spiro atoms. The van der Waals surface area contributed by atoms with Crippen LogP contribution in [0.15, 0.2) is 37.4 Å². The summed E-state index contributed by atoms with van der Waals surface area (Å²) in [6.45, 7) is 0. The van der Waals surface area contributed by atoms with Crippen molar-refractivity contribution in [2.24, 2.45) is 15.7 Å². The van der Waals surface area contributed by atoms with Crippen LogP contribution in [0.5, 0.6) is 0 Å². The molecular formula is C10H7Br2N5. The third-order valence-corrected chi connectivity index (χ3v) is 4.19. The molecule has 2 aromatic heterocycles. The van der Waals surface area contributed by atoms with Crippen LogP contribution in [0.25, 0.3) is 11.4 Å². The molecule has 0 aromatic carbocycles. The van der Waals surface area contributed by atoms with Crippen molar-refractivity contribution in [3.8, 4) is 11.4 Å². The molecule has 0 saturated carbocycles. The number of hydrogen-bond acceptors (Lipinski definition) is 4. The molecule has 1 aliphatic rings. The van der Waals surface area contributed by atoms with Crippen molar-refractivity contribution in [2.75, 3.05) is 0 Å². The van der Waals surface area contributed by atoms with E-state index in [9.17, 15) is 0 Å². The average molecular weight is 357 g/mol. The topological polar surface area (TPSA) is 79.4 Å². The van der Waals surface area contributed by atoms with Crippen LogP contribution in [0, 0.1) is 0 Å². The Bertz CT molecular complexity index is 686. The normalized spacial score (nSPS) is 17.5. The number of halogens is 2. The van der Waals surface area contributed by atoms with Gasteiger partial charge in [-0.3, -0.25) is 10.7 Å². The van der Waals surface area contributed by atoms with Crippen LogP contribution in [0.1, 0.15) is 0 Å². The Morgan fingerprint density at radius 2 is 1.94 bits per heavy atom. The number of hydrogen-bond donors (Lipinski definition) is 2. The van der Waals surface area contributed by atoms with Gasteiger partial charge in [0.25, 0.3) is 0 Å². The standard InChI is InChI=1S/C10H7Br2N5/c11-4-1-6(15-9(4)12)5-2-7-8(3-14-5)17-10(13)16-7/h1-3,10,15H,13H2. The summed E-state index contributed by atoms with van der Waals surface area (Å²) >= 11 is 6.81. The number of H-pyrrole nitrogens is 1. The van der Waals surface area contributed by atoms with E-state index in [1.807, 2.05) is 12.1 Å². The first kappa shape index (κ1) is 11.1. The van der Waals surface area contributed by atoms with Gasteiger partial charge in [0.15, 0.2) is 6.29 Å². The quantitative estimate of drug-likeness (QED) is 0.802. The Morgan fingerprint density at radius 3 is 2.65 bits per heavy atom. The molecular weight excluding hydrogens is 350 g/mol. The highest BCUT2D eigenvalue weighted by atomic mass is 79.9. The number of aromatic nitrogens is 2. The third-order valence-electron chi connectivity index (χ3n) is 2.41. The molecule has 1 atom stereocenters. The molecule has 1 aliphatic heterocycles. The maximum atomic E-state index is 5.62. The minimum absolute atomic E-state index is 0.496. The molecule has 3 N–H and O–H groups in total. The minimum Gasteiger partial charge on any atom is -0.347 e. The van der Waals surface area contributed by atoms with Gasteiger partial charge in [0.2, 0.25) is 0 Å². The molecule has 0 radical (unpaired) electrons. The van der Waals surface area contributed by atoms with Crippen LogP contribution in [0.4, 0.5) is 0 Å². The molecule has 5 nitrogen and oxygen atoms in total. The lowest BCUT2D eigenvalue weighted by molar-refractivity contribution is 0.748. The Morgan fingerprint density at radius 1 is 1.18 bits per heavy atom. The molecule has 3 heterocycles. The molecule has 17 heavy (non-hydrogen) atoms. The highest BCUT2D eigenvalue weighted by Crippen LogP contribution is 2.27. The van der Waals surface area contributed by atoms with E-state index in [2.05, 4.69) is 51.8 Å². The molecule has 0 fully saturated rings. The molecule has 2 aromatic rings. The van der Waals surface area contributed by atoms with E-state index in [0.717, 1.165) is 31.2 Å². The maximum absolute atomic E-state index is 5.62. The average Bonchev–Trinajstić information content (AvgIpc) is 2.80. The van der Waals surface area contributed by atoms with Gasteiger partial charge >= 0.3 is 0 Å². The van der Waals surface area contributed by atoms with Gasteiger partial charge in [-0.15, -0.1) is 0 Å². The zero-order valence-electron chi connectivity index (χ0n) is 8.48. The Hall–Kier alpha value is -1.05. The first-order valence-corrected chi connectivity index (χ1v) is 6.44. The molecule has 0 aliphatic carbocycles. The predicted molar refractivity (Wildman–Crippen MR) is 69.7 cm³/mol. The molecule has 7 heteroatoms. The summed E-state index contributed by atoms with van der Waals surface area (Å²) < 4.78 is 1.83. The summed E-state index contributed by atoms with van der Waals surface area (Å²) in [6, 6.07) is 3.82. The smallest absolute Gasteiger partial charge is 0.192 e. The lowest BCUT2D eigenvalue weighted by Crippen LogP contribution is -2.22. The fourth-order valence-electron chi connectivity index (χ4n) is 1.64. The van der Waals surface area contributed by atoms with Gasteiger partial charge in [-0.05, 0) is 44.0 Å². The van der Waals surface area contributed by atoms with E-state index in [1.165, 1.54) is 0 Å². The zero-order chi connectivity index (χ0) is 12.0. The minimum atomic E-state index is -0.496. The number of pyridine rings is 1. The van der Waals surface area contributed by atoms with Crippen LogP contribution in [-0.2, 0) is 0 Å². The summed E-state index contributed by atoms with van der Waals surface area (Å²) in [5.41, 5.74) is 7.33. The number of rotatable bonds is 1. The summed E-state index contributed by atoms with van der Waals surface area (Å²) in [5.74, 6) is 0. The first-order valence-electron chi connectivity index (χ1n) is 4.85. The van der Waals surface area contributed by atoms with Crippen molar-refractivity contribution in [1.29, 1.82) is 0 Å². The molecule has 86 valence electrons. The Labute approximate surface area is 113 Å². The van der Waals surface area contributed by atoms with E-state index in [-0.39, 0.29) is 0 Å². The van der Waals surface area contributed by atoms with Gasteiger partial charge in [-0.25, -0.2) is 9.98 Å². The molecule has 0 bridgehead atoms. The lowest BCUT2D eigenvalue weighted by atomic mass is 10.2. The summed E-state index contributed by atoms with van der Waals surface area (Å²) in [7, 11) is 0. The fraction of sp³-hybridized carbons (Fsp3) is 0.100. The van der Waals surface area contributed by atoms with Gasteiger partial charge in [0.05, 0.1) is 32.0 Å². The van der Waals surface area contributed by atoms with E-state index >= 15 is 0 Å². The zero-order valence-corrected chi connectivity index (χ0v) is 11.7. The monoisotopic (exact) mass is 355 g/mol. The second-order valence-electron chi connectivity index (χ2n) is 3.58. The van der Waals surface area contributed by atoms with Crippen molar-refractivity contribution < 1.29 is 0 Å². The highest BCUT2D eigenvalue weighted by Gasteiger charge is 2.09. The number of nitrogens with two attached hydrogens (primary N) is 1. The van der Waals surface area contributed by atoms with Crippen LogP contribution in [0.3, 0.4) is 0 Å². The van der Waals surface area contributed by atoms with Gasteiger partial charge < -0.3 is 4.98 Å². The molecule has 1 unspecified atom stereocenters. The predicted octanol–water partition coefficient (Wildman–Crippen LogP) is 1.10. The van der Waals surface area contributed by atoms with Gasteiger partial charge in [0, 0.05) is 0 Å². The largest absolute Gasteiger partial charge is 0.347 e. The van der Waals surface area contributed by atoms with Crippen molar-refractivity contribution in [2.45, 2.75) is 6.29 Å². The van der Waals surface area contributed by atoms with Crippen molar-refractivity contribution >= 4 is 31.9 Å². The molecule has 0 saturated heterocycles. The summed E-state index contributed by atoms with van der Waals surface area (Å²) in [6.07, 6.45) is 1.19. The third kappa shape index (κ3) is 1.94. The number of nitrogens with zero attached hydrogens (tertiary/aromatic N) is 3. The van der Waals surface area contributed by atoms with Crippen molar-refractivity contribution in [1.82, 2.24) is 9.97 Å². The van der Waals surface area contributed by atoms with Gasteiger partial charge in [-0.2, -0.15) is 0 Å². The fourth-order valence-corrected chi connectivity index (χ4v) is 2.30. The van der Waals surface area contributed by atoms with Crippen molar-refractivity contribution in [3.63, 3.8) is 0 Å². The van der Waals surface area contributed by atoms with Crippen LogP contribution in [-0.4, -0.2) is 16.3 Å². The van der Waals surface area contributed by atoms with E-state index in [4.69, 9.17) is 5.73 Å². The van der Waals surface area contributed by atoms with E-state index < -0.39 is 6.29 Å². The second-order valence-corrected chi connectivity index (χ2v) is 5.22. The van der Waals surface area contributed by atoms with Gasteiger partial charge in [-0.1, -0.05) is 0 Å².